The predicted molar refractivity (Wildman–Crippen MR) is 75.5 cm³/mol. The van der Waals surface area contributed by atoms with Gasteiger partial charge in [-0.15, -0.1) is 0 Å². The molecule has 0 heterocycles. The second-order valence-electron chi connectivity index (χ2n) is 4.56. The fraction of sp³-hybridized carbons (Fsp3) is 0.812. The van der Waals surface area contributed by atoms with E-state index >= 15 is 0 Å². The molecule has 1 nitrogen and oxygen atoms in total. The summed E-state index contributed by atoms with van der Waals surface area (Å²) in [6.07, 6.45) is 16.8. The summed E-state index contributed by atoms with van der Waals surface area (Å²) in [4.78, 5) is 0. The molecule has 0 saturated heterocycles. The maximum atomic E-state index is 5.04. The predicted octanol–water partition coefficient (Wildman–Crippen LogP) is 5.11. The Labute approximate surface area is 108 Å². The summed E-state index contributed by atoms with van der Waals surface area (Å²) in [6.45, 7) is 6.61. The molecule has 0 aliphatic carbocycles. The van der Waals surface area contributed by atoms with E-state index in [0.29, 0.717) is 6.61 Å². The van der Waals surface area contributed by atoms with Crippen LogP contribution in [0.4, 0.5) is 0 Å². The number of rotatable bonds is 11. The van der Waals surface area contributed by atoms with Gasteiger partial charge in [-0.1, -0.05) is 64.2 Å². The monoisotopic (exact) mass is 237 g/mol. The van der Waals surface area contributed by atoms with Crippen LogP contribution < -0.4 is 0 Å². The second-order valence-corrected chi connectivity index (χ2v) is 4.56. The van der Waals surface area contributed by atoms with Crippen LogP contribution in [-0.2, 0) is 4.74 Å². The Bertz CT molecular complexity index is 187. The average Bonchev–Trinajstić information content (AvgIpc) is 2.35. The zero-order chi connectivity index (χ0) is 12.6. The van der Waals surface area contributed by atoms with Gasteiger partial charge < -0.3 is 4.74 Å². The Kier molecular flexibility index (Phi) is 14.8. The van der Waals surface area contributed by atoms with Crippen molar-refractivity contribution in [2.75, 3.05) is 6.61 Å². The molecule has 1 radical (unpaired) electrons. The van der Waals surface area contributed by atoms with Gasteiger partial charge in [-0.25, -0.2) is 0 Å². The van der Waals surface area contributed by atoms with E-state index in [4.69, 9.17) is 4.74 Å². The molecule has 1 heteroatoms. The Morgan fingerprint density at radius 1 is 0.882 bits per heavy atom. The Morgan fingerprint density at radius 2 is 1.47 bits per heavy atom. The highest BCUT2D eigenvalue weighted by Gasteiger charge is 1.91. The van der Waals surface area contributed by atoms with E-state index in [1.807, 2.05) is 0 Å². The van der Waals surface area contributed by atoms with Gasteiger partial charge in [0.1, 0.15) is 12.7 Å². The van der Waals surface area contributed by atoms with Crippen LogP contribution in [0.3, 0.4) is 0 Å². The van der Waals surface area contributed by atoms with Gasteiger partial charge in [0.2, 0.25) is 0 Å². The van der Waals surface area contributed by atoms with Gasteiger partial charge in [-0.2, -0.15) is 0 Å². The third-order valence-electron chi connectivity index (χ3n) is 2.80. The third-order valence-corrected chi connectivity index (χ3v) is 2.80. The lowest BCUT2D eigenvalue weighted by molar-refractivity contribution is 0.283. The summed E-state index contributed by atoms with van der Waals surface area (Å²) < 4.78 is 5.04. The molecule has 0 spiro atoms. The van der Waals surface area contributed by atoms with Gasteiger partial charge in [0.05, 0.1) is 0 Å². The van der Waals surface area contributed by atoms with E-state index in [0.717, 1.165) is 12.8 Å². The number of hydrogen-bond donors (Lipinski definition) is 0. The number of unbranched alkanes of at least 4 members (excludes halogenated alkanes) is 9. The summed E-state index contributed by atoms with van der Waals surface area (Å²) in [5.74, 6) is 3.04. The van der Waals surface area contributed by atoms with Crippen LogP contribution in [0, 0.1) is 19.0 Å². The molecule has 17 heavy (non-hydrogen) atoms. The van der Waals surface area contributed by atoms with Gasteiger partial charge >= 0.3 is 0 Å². The minimum absolute atomic E-state index is 0.658. The first kappa shape index (κ1) is 16.4. The lowest BCUT2D eigenvalue weighted by Gasteiger charge is -2.00. The molecule has 0 aliphatic heterocycles. The zero-order valence-electron chi connectivity index (χ0n) is 11.6. The van der Waals surface area contributed by atoms with E-state index in [-0.39, 0.29) is 0 Å². The standard InChI is InChI=1S/C16H29O/c1-3-5-6-7-8-9-10-11-12-13-14-16-17-15-4-2/h2-13,15H2,1H3. The highest BCUT2D eigenvalue weighted by atomic mass is 16.5. The molecule has 0 saturated carbocycles. The molecule has 0 aromatic heterocycles. The summed E-state index contributed by atoms with van der Waals surface area (Å²) >= 11 is 0. The lowest BCUT2D eigenvalue weighted by Crippen LogP contribution is -1.83. The van der Waals surface area contributed by atoms with Gasteiger partial charge in [-0.3, -0.25) is 0 Å². The topological polar surface area (TPSA) is 9.23 Å². The first-order valence-corrected chi connectivity index (χ1v) is 7.30. The summed E-state index contributed by atoms with van der Waals surface area (Å²) in [7, 11) is 0. The van der Waals surface area contributed by atoms with E-state index < -0.39 is 0 Å². The molecule has 0 atom stereocenters. The molecule has 0 rings (SSSR count). The van der Waals surface area contributed by atoms with Crippen LogP contribution in [0.1, 0.15) is 77.6 Å². The van der Waals surface area contributed by atoms with Crippen molar-refractivity contribution in [1.29, 1.82) is 0 Å². The van der Waals surface area contributed by atoms with Crippen LogP contribution >= 0.6 is 0 Å². The van der Waals surface area contributed by atoms with Crippen molar-refractivity contribution in [2.24, 2.45) is 0 Å². The lowest BCUT2D eigenvalue weighted by atomic mass is 10.1. The average molecular weight is 237 g/mol. The van der Waals surface area contributed by atoms with Crippen molar-refractivity contribution in [2.45, 2.75) is 77.6 Å². The van der Waals surface area contributed by atoms with Crippen LogP contribution in [0.25, 0.3) is 0 Å². The third kappa shape index (κ3) is 15.4. The van der Waals surface area contributed by atoms with Crippen LogP contribution in [0.15, 0.2) is 0 Å². The molecule has 0 fully saturated rings. The van der Waals surface area contributed by atoms with E-state index in [1.165, 1.54) is 57.8 Å². The summed E-state index contributed by atoms with van der Waals surface area (Å²) in [5, 5.41) is 0. The maximum Gasteiger partial charge on any atom is 0.110 e. The van der Waals surface area contributed by atoms with Crippen LogP contribution in [0.5, 0.6) is 0 Å². The molecule has 99 valence electrons. The van der Waals surface area contributed by atoms with Gasteiger partial charge in [-0.05, 0) is 19.8 Å². The Hall–Kier alpha value is -0.640. The molecule has 0 aliphatic rings. The van der Waals surface area contributed by atoms with Crippen molar-refractivity contribution in [3.8, 4) is 12.0 Å². The van der Waals surface area contributed by atoms with Crippen molar-refractivity contribution < 1.29 is 4.74 Å². The molecule has 0 aromatic carbocycles. The fourth-order valence-corrected chi connectivity index (χ4v) is 1.75. The molecule has 0 aromatic rings. The quantitative estimate of drug-likeness (QED) is 0.358. The maximum absolute atomic E-state index is 5.04. The minimum Gasteiger partial charge on any atom is -0.447 e. The first-order valence-electron chi connectivity index (χ1n) is 7.30. The molecule has 0 amide bonds. The van der Waals surface area contributed by atoms with Crippen LogP contribution in [0.2, 0.25) is 0 Å². The SMILES string of the molecule is [CH2]CCOC#CCCCCCCCCCCC. The molecular weight excluding hydrogens is 208 g/mol. The van der Waals surface area contributed by atoms with Crippen molar-refractivity contribution >= 4 is 0 Å². The highest BCUT2D eigenvalue weighted by molar-refractivity contribution is 4.90. The fourth-order valence-electron chi connectivity index (χ4n) is 1.75. The number of ether oxygens (including phenoxy) is 1. The normalized spacial score (nSPS) is 9.76. The van der Waals surface area contributed by atoms with E-state index in [1.54, 1.807) is 0 Å². The second kappa shape index (κ2) is 15.4. The van der Waals surface area contributed by atoms with Crippen molar-refractivity contribution in [3.63, 3.8) is 0 Å². The summed E-state index contributed by atoms with van der Waals surface area (Å²) in [5.41, 5.74) is 0. The molecular formula is C16H29O. The number of hydrogen-bond acceptors (Lipinski definition) is 1. The van der Waals surface area contributed by atoms with E-state index in [2.05, 4.69) is 25.9 Å². The van der Waals surface area contributed by atoms with Gasteiger partial charge in [0.25, 0.3) is 0 Å². The minimum atomic E-state index is 0.658. The van der Waals surface area contributed by atoms with E-state index in [9.17, 15) is 0 Å². The summed E-state index contributed by atoms with van der Waals surface area (Å²) in [6, 6.07) is 0. The molecule has 0 bridgehead atoms. The Balaban J connectivity index is 2.99. The first-order chi connectivity index (χ1) is 8.41. The van der Waals surface area contributed by atoms with Gasteiger partial charge in [0, 0.05) is 6.42 Å². The smallest absolute Gasteiger partial charge is 0.110 e. The van der Waals surface area contributed by atoms with Crippen molar-refractivity contribution in [1.82, 2.24) is 0 Å². The van der Waals surface area contributed by atoms with Crippen LogP contribution in [-0.4, -0.2) is 6.61 Å². The zero-order valence-corrected chi connectivity index (χ0v) is 11.6. The van der Waals surface area contributed by atoms with Crippen molar-refractivity contribution in [3.05, 3.63) is 6.92 Å². The molecule has 0 unspecified atom stereocenters. The largest absolute Gasteiger partial charge is 0.447 e. The Morgan fingerprint density at radius 3 is 2.06 bits per heavy atom. The highest BCUT2D eigenvalue weighted by Crippen LogP contribution is 2.10. The van der Waals surface area contributed by atoms with Gasteiger partial charge in [0.15, 0.2) is 0 Å². The molecule has 0 N–H and O–H groups in total.